The van der Waals surface area contributed by atoms with Crippen LogP contribution in [0.2, 0.25) is 0 Å². The van der Waals surface area contributed by atoms with Crippen LogP contribution < -0.4 is 5.32 Å². The predicted molar refractivity (Wildman–Crippen MR) is 65.2 cm³/mol. The van der Waals surface area contributed by atoms with Crippen LogP contribution in [-0.2, 0) is 9.53 Å². The molecule has 0 aromatic carbocycles. The van der Waals surface area contributed by atoms with E-state index in [-0.39, 0.29) is 11.4 Å². The Kier molecular flexibility index (Phi) is 4.00. The minimum Gasteiger partial charge on any atom is -0.468 e. The number of carbonyl (C=O) groups excluding carboxylic acids is 1. The van der Waals surface area contributed by atoms with Gasteiger partial charge in [-0.05, 0) is 37.1 Å². The molecular formula is C13H25NO2. The maximum absolute atomic E-state index is 12.0. The van der Waals surface area contributed by atoms with E-state index >= 15 is 0 Å². The monoisotopic (exact) mass is 227 g/mol. The van der Waals surface area contributed by atoms with Crippen LogP contribution in [0, 0.1) is 11.3 Å². The van der Waals surface area contributed by atoms with Gasteiger partial charge in [0.25, 0.3) is 0 Å². The molecule has 1 N–H and O–H groups in total. The Hall–Kier alpha value is -0.570. The van der Waals surface area contributed by atoms with Gasteiger partial charge in [0, 0.05) is 0 Å². The average Bonchev–Trinajstić information content (AvgIpc) is 2.13. The van der Waals surface area contributed by atoms with E-state index in [1.807, 2.05) is 6.92 Å². The normalized spacial score (nSPS) is 33.4. The highest BCUT2D eigenvalue weighted by Crippen LogP contribution is 2.44. The molecule has 16 heavy (non-hydrogen) atoms. The Labute approximate surface area is 98.9 Å². The average molecular weight is 227 g/mol. The van der Waals surface area contributed by atoms with Gasteiger partial charge in [-0.2, -0.15) is 0 Å². The Morgan fingerprint density at radius 2 is 2.06 bits per heavy atom. The van der Waals surface area contributed by atoms with Crippen LogP contribution in [0.5, 0.6) is 0 Å². The lowest BCUT2D eigenvalue weighted by molar-refractivity contribution is -0.153. The molecular weight excluding hydrogens is 202 g/mol. The molecule has 1 fully saturated rings. The van der Waals surface area contributed by atoms with E-state index in [4.69, 9.17) is 4.74 Å². The van der Waals surface area contributed by atoms with Crippen molar-refractivity contribution in [3.63, 3.8) is 0 Å². The van der Waals surface area contributed by atoms with E-state index in [9.17, 15) is 4.79 Å². The van der Waals surface area contributed by atoms with E-state index in [2.05, 4.69) is 26.1 Å². The summed E-state index contributed by atoms with van der Waals surface area (Å²) in [5.41, 5.74) is -0.265. The van der Waals surface area contributed by atoms with Crippen molar-refractivity contribution in [3.8, 4) is 0 Å². The van der Waals surface area contributed by atoms with Gasteiger partial charge in [-0.3, -0.25) is 4.79 Å². The van der Waals surface area contributed by atoms with Gasteiger partial charge in [0.05, 0.1) is 7.11 Å². The molecule has 1 saturated carbocycles. The quantitative estimate of drug-likeness (QED) is 0.752. The van der Waals surface area contributed by atoms with E-state index in [1.54, 1.807) is 0 Å². The van der Waals surface area contributed by atoms with Crippen molar-refractivity contribution < 1.29 is 9.53 Å². The SMILES string of the molecule is CCNC1(C(=O)OC)CC(C)CC(C)(C)C1. The minimum atomic E-state index is -0.468. The Bertz CT molecular complexity index is 263. The largest absolute Gasteiger partial charge is 0.468 e. The van der Waals surface area contributed by atoms with Crippen molar-refractivity contribution in [1.29, 1.82) is 0 Å². The molecule has 0 heterocycles. The molecule has 0 aromatic heterocycles. The number of nitrogens with one attached hydrogen (secondary N) is 1. The first-order valence-corrected chi connectivity index (χ1v) is 6.19. The topological polar surface area (TPSA) is 38.3 Å². The van der Waals surface area contributed by atoms with Crippen LogP contribution in [0.25, 0.3) is 0 Å². The summed E-state index contributed by atoms with van der Waals surface area (Å²) in [6, 6.07) is 0. The van der Waals surface area contributed by atoms with Crippen molar-refractivity contribution in [2.75, 3.05) is 13.7 Å². The molecule has 3 nitrogen and oxygen atoms in total. The summed E-state index contributed by atoms with van der Waals surface area (Å²) in [4.78, 5) is 12.0. The summed E-state index contributed by atoms with van der Waals surface area (Å²) in [6.45, 7) is 9.53. The molecule has 0 aromatic rings. The third kappa shape index (κ3) is 2.76. The molecule has 2 atom stereocenters. The number of methoxy groups -OCH3 is 1. The number of carbonyl (C=O) groups is 1. The van der Waals surface area contributed by atoms with Crippen LogP contribution in [0.4, 0.5) is 0 Å². The van der Waals surface area contributed by atoms with Crippen molar-refractivity contribution in [1.82, 2.24) is 5.32 Å². The molecule has 1 aliphatic rings. The van der Waals surface area contributed by atoms with Crippen LogP contribution in [-0.4, -0.2) is 25.2 Å². The Morgan fingerprint density at radius 3 is 2.50 bits per heavy atom. The second-order valence-corrected chi connectivity index (χ2v) is 5.96. The number of esters is 1. The highest BCUT2D eigenvalue weighted by molar-refractivity contribution is 5.81. The molecule has 1 rings (SSSR count). The molecule has 94 valence electrons. The molecule has 0 saturated heterocycles. The number of rotatable bonds is 3. The lowest BCUT2D eigenvalue weighted by Gasteiger charge is -2.46. The van der Waals surface area contributed by atoms with Gasteiger partial charge in [0.15, 0.2) is 0 Å². The summed E-state index contributed by atoms with van der Waals surface area (Å²) in [5, 5.41) is 3.36. The van der Waals surface area contributed by atoms with Crippen LogP contribution in [0.1, 0.15) is 47.0 Å². The van der Waals surface area contributed by atoms with Crippen molar-refractivity contribution in [3.05, 3.63) is 0 Å². The Morgan fingerprint density at radius 1 is 1.44 bits per heavy atom. The van der Waals surface area contributed by atoms with Crippen LogP contribution >= 0.6 is 0 Å². The minimum absolute atomic E-state index is 0.103. The number of likely N-dealkylation sites (N-methyl/N-ethyl adjacent to an activating group) is 1. The van der Waals surface area contributed by atoms with E-state index in [1.165, 1.54) is 13.5 Å². The third-order valence-electron chi connectivity index (χ3n) is 3.47. The zero-order valence-corrected chi connectivity index (χ0v) is 11.2. The van der Waals surface area contributed by atoms with E-state index in [0.29, 0.717) is 5.92 Å². The summed E-state index contributed by atoms with van der Waals surface area (Å²) in [7, 11) is 1.48. The molecule has 2 unspecified atom stereocenters. The maximum Gasteiger partial charge on any atom is 0.326 e. The summed E-state index contributed by atoms with van der Waals surface area (Å²) >= 11 is 0. The van der Waals surface area contributed by atoms with Gasteiger partial charge < -0.3 is 10.1 Å². The van der Waals surface area contributed by atoms with Gasteiger partial charge in [-0.1, -0.05) is 27.7 Å². The number of ether oxygens (including phenoxy) is 1. The van der Waals surface area contributed by atoms with Gasteiger partial charge in [0.1, 0.15) is 5.54 Å². The fourth-order valence-corrected chi connectivity index (χ4v) is 3.47. The number of hydrogen-bond acceptors (Lipinski definition) is 3. The lowest BCUT2D eigenvalue weighted by atomic mass is 9.64. The summed E-state index contributed by atoms with van der Waals surface area (Å²) in [6.07, 6.45) is 2.93. The van der Waals surface area contributed by atoms with Gasteiger partial charge in [-0.15, -0.1) is 0 Å². The second kappa shape index (κ2) is 4.74. The molecule has 0 radical (unpaired) electrons. The highest BCUT2D eigenvalue weighted by Gasteiger charge is 2.48. The first kappa shape index (κ1) is 13.5. The summed E-state index contributed by atoms with van der Waals surface area (Å²) < 4.78 is 4.99. The second-order valence-electron chi connectivity index (χ2n) is 5.96. The number of hydrogen-bond donors (Lipinski definition) is 1. The lowest BCUT2D eigenvalue weighted by Crippen LogP contribution is -2.58. The maximum atomic E-state index is 12.0. The van der Waals surface area contributed by atoms with Crippen LogP contribution in [0.15, 0.2) is 0 Å². The fourth-order valence-electron chi connectivity index (χ4n) is 3.47. The molecule has 0 bridgehead atoms. The fraction of sp³-hybridized carbons (Fsp3) is 0.923. The van der Waals surface area contributed by atoms with Crippen molar-refractivity contribution >= 4 is 5.97 Å². The van der Waals surface area contributed by atoms with E-state index in [0.717, 1.165) is 19.4 Å². The smallest absolute Gasteiger partial charge is 0.326 e. The Balaban J connectivity index is 2.95. The molecule has 0 amide bonds. The molecule has 0 aliphatic heterocycles. The van der Waals surface area contributed by atoms with Crippen molar-refractivity contribution in [2.45, 2.75) is 52.5 Å². The standard InChI is InChI=1S/C13H25NO2/c1-6-14-13(11(15)16-5)8-10(2)7-12(3,4)9-13/h10,14H,6-9H2,1-5H3. The summed E-state index contributed by atoms with van der Waals surface area (Å²) in [5.74, 6) is 0.455. The van der Waals surface area contributed by atoms with Gasteiger partial charge in [-0.25, -0.2) is 0 Å². The van der Waals surface area contributed by atoms with Crippen molar-refractivity contribution in [2.24, 2.45) is 11.3 Å². The third-order valence-corrected chi connectivity index (χ3v) is 3.47. The van der Waals surface area contributed by atoms with Gasteiger partial charge >= 0.3 is 5.97 Å². The zero-order chi connectivity index (χ0) is 12.4. The first-order chi connectivity index (χ1) is 7.35. The highest BCUT2D eigenvalue weighted by atomic mass is 16.5. The predicted octanol–water partition coefficient (Wildman–Crippen LogP) is 2.35. The molecule has 3 heteroatoms. The first-order valence-electron chi connectivity index (χ1n) is 6.19. The zero-order valence-electron chi connectivity index (χ0n) is 11.2. The van der Waals surface area contributed by atoms with Crippen LogP contribution in [0.3, 0.4) is 0 Å². The van der Waals surface area contributed by atoms with Gasteiger partial charge in [0.2, 0.25) is 0 Å². The van der Waals surface area contributed by atoms with E-state index < -0.39 is 5.54 Å². The molecule has 1 aliphatic carbocycles. The molecule has 0 spiro atoms.